The maximum absolute atomic E-state index is 12.4. The van der Waals surface area contributed by atoms with Crippen LogP contribution in [0.5, 0.6) is 0 Å². The second kappa shape index (κ2) is 19.3. The van der Waals surface area contributed by atoms with E-state index in [1.54, 1.807) is 14.2 Å². The number of carbonyl (C=O) groups is 4. The highest BCUT2D eigenvalue weighted by molar-refractivity contribution is 8.00. The summed E-state index contributed by atoms with van der Waals surface area (Å²) >= 11 is 1.04. The quantitative estimate of drug-likeness (QED) is 0.112. The Balaban J connectivity index is 2.21. The molecule has 36 heavy (non-hydrogen) atoms. The van der Waals surface area contributed by atoms with E-state index in [0.717, 1.165) is 16.7 Å². The molecule has 0 radical (unpaired) electrons. The third-order valence-electron chi connectivity index (χ3n) is 5.03. The number of nitrogens with two attached hydrogens (primary N) is 1. The van der Waals surface area contributed by atoms with E-state index < -0.39 is 23.2 Å². The van der Waals surface area contributed by atoms with E-state index >= 15 is 0 Å². The molecule has 4 N–H and O–H groups in total. The van der Waals surface area contributed by atoms with Gasteiger partial charge in [0.2, 0.25) is 17.7 Å². The van der Waals surface area contributed by atoms with Gasteiger partial charge in [0.1, 0.15) is 12.1 Å². The van der Waals surface area contributed by atoms with Crippen molar-refractivity contribution in [3.05, 3.63) is 0 Å². The third-order valence-corrected chi connectivity index (χ3v) is 6.35. The zero-order chi connectivity index (χ0) is 26.8. The van der Waals surface area contributed by atoms with Crippen LogP contribution in [0.1, 0.15) is 19.3 Å². The molecule has 1 heterocycles. The molecule has 14 heteroatoms. The molecule has 3 amide bonds. The van der Waals surface area contributed by atoms with Crippen molar-refractivity contribution >= 4 is 35.5 Å². The van der Waals surface area contributed by atoms with Crippen LogP contribution in [0, 0.1) is 0 Å². The monoisotopic (exact) mass is 537 g/mol. The van der Waals surface area contributed by atoms with Crippen LogP contribution in [0.15, 0.2) is 0 Å². The molecule has 0 saturated carbocycles. The van der Waals surface area contributed by atoms with E-state index in [0.29, 0.717) is 59.2 Å². The van der Waals surface area contributed by atoms with Gasteiger partial charge >= 0.3 is 5.97 Å². The number of rotatable bonds is 22. The number of nitrogens with one attached hydrogen (secondary N) is 1. The number of carboxylic acids is 1. The Morgan fingerprint density at radius 3 is 2.44 bits per heavy atom. The summed E-state index contributed by atoms with van der Waals surface area (Å²) in [5.74, 6) is -2.23. The second-order valence-electron chi connectivity index (χ2n) is 7.94. The number of hydrogen-bond donors (Lipinski definition) is 3. The lowest BCUT2D eigenvalue weighted by molar-refractivity contribution is -0.139. The summed E-state index contributed by atoms with van der Waals surface area (Å²) in [6.07, 6.45) is 0.288. The average Bonchev–Trinajstić information content (AvgIpc) is 3.12. The molecule has 1 fully saturated rings. The van der Waals surface area contributed by atoms with Crippen LogP contribution in [-0.4, -0.2) is 130 Å². The highest BCUT2D eigenvalue weighted by Gasteiger charge is 2.39. The Bertz CT molecular complexity index is 684. The molecule has 1 saturated heterocycles. The first-order valence-corrected chi connectivity index (χ1v) is 12.8. The molecule has 0 bridgehead atoms. The fraction of sp³-hybridized carbons (Fsp3) is 0.818. The molecule has 208 valence electrons. The molecule has 2 unspecified atom stereocenters. The fourth-order valence-corrected chi connectivity index (χ4v) is 4.14. The van der Waals surface area contributed by atoms with Crippen molar-refractivity contribution in [2.75, 3.05) is 79.3 Å². The van der Waals surface area contributed by atoms with Crippen LogP contribution in [0.4, 0.5) is 0 Å². The van der Waals surface area contributed by atoms with Gasteiger partial charge in [-0.3, -0.25) is 24.1 Å². The fourth-order valence-electron chi connectivity index (χ4n) is 3.03. The number of methoxy groups -OCH3 is 2. The molecular weight excluding hydrogens is 498 g/mol. The minimum Gasteiger partial charge on any atom is -0.480 e. The van der Waals surface area contributed by atoms with Gasteiger partial charge in [-0.15, -0.1) is 11.8 Å². The van der Waals surface area contributed by atoms with Crippen molar-refractivity contribution in [2.45, 2.75) is 36.7 Å². The van der Waals surface area contributed by atoms with Crippen molar-refractivity contribution in [2.24, 2.45) is 5.73 Å². The Morgan fingerprint density at radius 2 is 1.78 bits per heavy atom. The molecule has 0 aromatic heterocycles. The van der Waals surface area contributed by atoms with Gasteiger partial charge in [0.25, 0.3) is 0 Å². The summed E-state index contributed by atoms with van der Waals surface area (Å²) in [6.45, 7) is 3.30. The summed E-state index contributed by atoms with van der Waals surface area (Å²) in [5, 5.41) is 10.9. The molecule has 0 spiro atoms. The number of nitrogens with zero attached hydrogens (tertiary/aromatic N) is 1. The standard InChI is InChI=1S/C22H39N3O10S/c1-31-8-10-34-14-16(35-11-9-32-2)13-33-7-3-5-24-19(26)4-6-25-20(27)12-18(21(25)28)36-15-17(23)22(29)30/h16-18H,3-15,23H2,1-2H3,(H,24,26)(H,29,30)/t16?,17-,18?/m0/s1. The summed E-state index contributed by atoms with van der Waals surface area (Å²) < 4.78 is 26.7. The van der Waals surface area contributed by atoms with E-state index in [4.69, 9.17) is 34.5 Å². The third kappa shape index (κ3) is 13.5. The molecule has 0 aromatic carbocycles. The summed E-state index contributed by atoms with van der Waals surface area (Å²) in [7, 11) is 3.19. The summed E-state index contributed by atoms with van der Waals surface area (Å²) in [5.41, 5.74) is 5.44. The van der Waals surface area contributed by atoms with Gasteiger partial charge in [-0.2, -0.15) is 0 Å². The molecular formula is C22H39N3O10S. The van der Waals surface area contributed by atoms with Gasteiger partial charge < -0.3 is 39.8 Å². The highest BCUT2D eigenvalue weighted by Crippen LogP contribution is 2.25. The molecule has 1 rings (SSSR count). The smallest absolute Gasteiger partial charge is 0.321 e. The van der Waals surface area contributed by atoms with E-state index in [2.05, 4.69) is 5.32 Å². The number of likely N-dealkylation sites (tertiary alicyclic amines) is 1. The van der Waals surface area contributed by atoms with Crippen molar-refractivity contribution in [3.8, 4) is 0 Å². The summed E-state index contributed by atoms with van der Waals surface area (Å²) in [4.78, 5) is 48.5. The Morgan fingerprint density at radius 1 is 1.11 bits per heavy atom. The predicted octanol–water partition coefficient (Wildman–Crippen LogP) is -1.13. The van der Waals surface area contributed by atoms with Crippen LogP contribution >= 0.6 is 11.8 Å². The lowest BCUT2D eigenvalue weighted by Crippen LogP contribution is -2.37. The number of aliphatic carboxylic acids is 1. The largest absolute Gasteiger partial charge is 0.480 e. The van der Waals surface area contributed by atoms with Crippen molar-refractivity contribution in [1.29, 1.82) is 0 Å². The van der Waals surface area contributed by atoms with Crippen molar-refractivity contribution in [3.63, 3.8) is 0 Å². The maximum Gasteiger partial charge on any atom is 0.321 e. The first kappa shape index (κ1) is 32.2. The number of thioether (sulfide) groups is 1. The SMILES string of the molecule is COCCOCC(COCCCNC(=O)CCN1C(=O)CC(SC[C@H](N)C(=O)O)C1=O)OCCOC. The van der Waals surface area contributed by atoms with Crippen LogP contribution in [0.25, 0.3) is 0 Å². The van der Waals surface area contributed by atoms with Crippen molar-refractivity contribution < 1.29 is 48.0 Å². The number of imide groups is 1. The number of carboxylic acid groups (broad SMARTS) is 1. The van der Waals surface area contributed by atoms with Gasteiger partial charge in [-0.05, 0) is 6.42 Å². The Hall–Kier alpha value is -1.81. The number of carbonyl (C=O) groups excluding carboxylic acids is 3. The van der Waals surface area contributed by atoms with Gasteiger partial charge in [-0.25, -0.2) is 0 Å². The number of ether oxygens (including phenoxy) is 5. The number of hydrogen-bond acceptors (Lipinski definition) is 11. The van der Waals surface area contributed by atoms with Crippen LogP contribution in [0.3, 0.4) is 0 Å². The first-order valence-electron chi connectivity index (χ1n) is 11.8. The average molecular weight is 538 g/mol. The highest BCUT2D eigenvalue weighted by atomic mass is 32.2. The molecule has 0 aliphatic carbocycles. The normalized spacial score (nSPS) is 17.4. The van der Waals surface area contributed by atoms with E-state index in [-0.39, 0.29) is 43.1 Å². The lowest BCUT2D eigenvalue weighted by atomic mass is 10.3. The topological polar surface area (TPSA) is 176 Å². The minimum atomic E-state index is -1.17. The molecule has 3 atom stereocenters. The van der Waals surface area contributed by atoms with Gasteiger partial charge in [0.15, 0.2) is 0 Å². The van der Waals surface area contributed by atoms with E-state index in [1.807, 2.05) is 0 Å². The van der Waals surface area contributed by atoms with E-state index in [9.17, 15) is 19.2 Å². The van der Waals surface area contributed by atoms with Gasteiger partial charge in [0, 0.05) is 52.5 Å². The van der Waals surface area contributed by atoms with Crippen LogP contribution < -0.4 is 11.1 Å². The second-order valence-corrected chi connectivity index (χ2v) is 9.17. The van der Waals surface area contributed by atoms with E-state index in [1.165, 1.54) is 0 Å². The number of amides is 3. The van der Waals surface area contributed by atoms with Crippen LogP contribution in [-0.2, 0) is 42.9 Å². The maximum atomic E-state index is 12.4. The predicted molar refractivity (Wildman–Crippen MR) is 131 cm³/mol. The Labute approximate surface area is 215 Å². The van der Waals surface area contributed by atoms with Gasteiger partial charge in [-0.1, -0.05) is 0 Å². The van der Waals surface area contributed by atoms with Crippen molar-refractivity contribution in [1.82, 2.24) is 10.2 Å². The zero-order valence-corrected chi connectivity index (χ0v) is 21.8. The molecule has 1 aliphatic heterocycles. The van der Waals surface area contributed by atoms with Gasteiger partial charge in [0.05, 0.1) is 44.9 Å². The van der Waals surface area contributed by atoms with Crippen LogP contribution in [0.2, 0.25) is 0 Å². The molecule has 13 nitrogen and oxygen atoms in total. The summed E-state index contributed by atoms with van der Waals surface area (Å²) in [6, 6.07) is -1.11. The lowest BCUT2D eigenvalue weighted by Gasteiger charge is -2.18. The first-order chi connectivity index (χ1) is 17.3. The molecule has 1 aliphatic rings. The zero-order valence-electron chi connectivity index (χ0n) is 21.0. The molecule has 0 aromatic rings. The minimum absolute atomic E-state index is 0.0153. The Kier molecular flexibility index (Phi) is 17.3.